The number of rotatable bonds is 4. The van der Waals surface area contributed by atoms with Crippen LogP contribution >= 0.6 is 0 Å². The summed E-state index contributed by atoms with van der Waals surface area (Å²) in [4.78, 5) is 11.8. The van der Waals surface area contributed by atoms with Crippen LogP contribution in [0.3, 0.4) is 0 Å². The van der Waals surface area contributed by atoms with Crippen LogP contribution in [0.2, 0.25) is 0 Å². The molecule has 3 rings (SSSR count). The Morgan fingerprint density at radius 1 is 1.19 bits per heavy atom. The number of halogens is 1. The maximum absolute atomic E-state index is 13.2. The largest absolute Gasteiger partial charge is 0.465 e. The molecule has 138 valence electrons. The Morgan fingerprint density at radius 2 is 1.88 bits per heavy atom. The summed E-state index contributed by atoms with van der Waals surface area (Å²) >= 11 is 0. The Bertz CT molecular complexity index is 925. The molecule has 0 radical (unpaired) electrons. The van der Waals surface area contributed by atoms with E-state index in [0.29, 0.717) is 24.1 Å². The van der Waals surface area contributed by atoms with Gasteiger partial charge in [-0.1, -0.05) is 12.1 Å². The third-order valence-electron chi connectivity index (χ3n) is 4.64. The molecule has 1 unspecified atom stereocenters. The Labute approximate surface area is 152 Å². The van der Waals surface area contributed by atoms with Crippen molar-refractivity contribution in [2.45, 2.75) is 30.7 Å². The van der Waals surface area contributed by atoms with E-state index in [9.17, 15) is 17.6 Å². The fourth-order valence-electron chi connectivity index (χ4n) is 3.36. The van der Waals surface area contributed by atoms with Gasteiger partial charge in [0.15, 0.2) is 0 Å². The number of hydrogen-bond acceptors (Lipinski definition) is 4. The van der Waals surface area contributed by atoms with Gasteiger partial charge in [-0.25, -0.2) is 17.6 Å². The van der Waals surface area contributed by atoms with Gasteiger partial charge in [-0.05, 0) is 61.2 Å². The van der Waals surface area contributed by atoms with E-state index in [2.05, 4.69) is 4.74 Å². The zero-order chi connectivity index (χ0) is 18.9. The third kappa shape index (κ3) is 3.37. The second-order valence-electron chi connectivity index (χ2n) is 6.30. The van der Waals surface area contributed by atoms with Crippen molar-refractivity contribution in [1.29, 1.82) is 0 Å². The summed E-state index contributed by atoms with van der Waals surface area (Å²) in [6.07, 6.45) is 1.42. The minimum Gasteiger partial charge on any atom is -0.465 e. The first kappa shape index (κ1) is 18.5. The predicted molar refractivity (Wildman–Crippen MR) is 94.8 cm³/mol. The van der Waals surface area contributed by atoms with E-state index < -0.39 is 16.0 Å². The summed E-state index contributed by atoms with van der Waals surface area (Å²) in [5, 5.41) is 0. The number of carbonyl (C=O) groups is 1. The lowest BCUT2D eigenvalue weighted by atomic mass is 10.1. The lowest BCUT2D eigenvalue weighted by molar-refractivity contribution is 0.0600. The number of ether oxygens (including phenoxy) is 1. The van der Waals surface area contributed by atoms with Crippen molar-refractivity contribution >= 4 is 16.0 Å². The van der Waals surface area contributed by atoms with Gasteiger partial charge in [-0.2, -0.15) is 4.31 Å². The number of methoxy groups -OCH3 is 1. The van der Waals surface area contributed by atoms with E-state index in [1.54, 1.807) is 19.1 Å². The number of nitrogens with zero attached hydrogens (tertiary/aromatic N) is 1. The number of carbonyl (C=O) groups excluding carboxylic acids is 1. The Balaban J connectivity index is 1.96. The molecule has 0 N–H and O–H groups in total. The first-order valence-electron chi connectivity index (χ1n) is 8.31. The molecule has 0 saturated carbocycles. The van der Waals surface area contributed by atoms with Crippen molar-refractivity contribution in [1.82, 2.24) is 4.31 Å². The van der Waals surface area contributed by atoms with Crippen LogP contribution in [-0.2, 0) is 14.8 Å². The van der Waals surface area contributed by atoms with Gasteiger partial charge in [-0.15, -0.1) is 0 Å². The summed E-state index contributed by atoms with van der Waals surface area (Å²) in [6, 6.07) is 10.0. The molecular formula is C19H20FNO4S. The van der Waals surface area contributed by atoms with Crippen molar-refractivity contribution in [3.8, 4) is 0 Å². The summed E-state index contributed by atoms with van der Waals surface area (Å²) in [6.45, 7) is 2.06. The smallest absolute Gasteiger partial charge is 0.337 e. The van der Waals surface area contributed by atoms with E-state index >= 15 is 0 Å². The fraction of sp³-hybridized carbons (Fsp3) is 0.316. The number of benzene rings is 2. The van der Waals surface area contributed by atoms with Gasteiger partial charge in [0.2, 0.25) is 10.0 Å². The molecular weight excluding hydrogens is 357 g/mol. The molecule has 7 heteroatoms. The van der Waals surface area contributed by atoms with Gasteiger partial charge < -0.3 is 4.74 Å². The average molecular weight is 377 g/mol. The fourth-order valence-corrected chi connectivity index (χ4v) is 5.25. The molecule has 2 aromatic rings. The maximum Gasteiger partial charge on any atom is 0.337 e. The van der Waals surface area contributed by atoms with Crippen LogP contribution in [-0.4, -0.2) is 32.3 Å². The van der Waals surface area contributed by atoms with Crippen LogP contribution in [0.5, 0.6) is 0 Å². The van der Waals surface area contributed by atoms with Crippen LogP contribution in [0.25, 0.3) is 0 Å². The van der Waals surface area contributed by atoms with Crippen molar-refractivity contribution in [2.75, 3.05) is 13.7 Å². The normalized spacial score (nSPS) is 18.0. The highest BCUT2D eigenvalue weighted by Crippen LogP contribution is 2.37. The van der Waals surface area contributed by atoms with Gasteiger partial charge in [0, 0.05) is 6.54 Å². The van der Waals surface area contributed by atoms with E-state index in [1.165, 1.54) is 41.7 Å². The summed E-state index contributed by atoms with van der Waals surface area (Å²) in [5.74, 6) is -0.863. The molecule has 26 heavy (non-hydrogen) atoms. The molecule has 1 aliphatic heterocycles. The monoisotopic (exact) mass is 377 g/mol. The van der Waals surface area contributed by atoms with Crippen molar-refractivity contribution in [2.24, 2.45) is 0 Å². The molecule has 5 nitrogen and oxygen atoms in total. The number of aryl methyl sites for hydroxylation is 1. The highest BCUT2D eigenvalue weighted by Gasteiger charge is 2.37. The number of sulfonamides is 1. The van der Waals surface area contributed by atoms with Crippen LogP contribution in [0.1, 0.15) is 40.4 Å². The quantitative estimate of drug-likeness (QED) is 0.766. The van der Waals surface area contributed by atoms with Crippen LogP contribution in [0, 0.1) is 12.7 Å². The van der Waals surface area contributed by atoms with E-state index in [4.69, 9.17) is 0 Å². The molecule has 0 aliphatic carbocycles. The van der Waals surface area contributed by atoms with Crippen LogP contribution in [0.15, 0.2) is 47.4 Å². The Hall–Kier alpha value is -2.25. The molecule has 0 spiro atoms. The van der Waals surface area contributed by atoms with Crippen LogP contribution in [0.4, 0.5) is 4.39 Å². The molecule has 1 aliphatic rings. The Morgan fingerprint density at radius 3 is 2.50 bits per heavy atom. The highest BCUT2D eigenvalue weighted by molar-refractivity contribution is 7.89. The zero-order valence-electron chi connectivity index (χ0n) is 14.6. The second-order valence-corrected chi connectivity index (χ2v) is 8.16. The minimum atomic E-state index is -3.74. The minimum absolute atomic E-state index is 0.166. The zero-order valence-corrected chi connectivity index (χ0v) is 15.4. The molecule has 2 aromatic carbocycles. The van der Waals surface area contributed by atoms with Gasteiger partial charge in [0.25, 0.3) is 0 Å². The molecule has 0 amide bonds. The molecule has 0 aromatic heterocycles. The van der Waals surface area contributed by atoms with Crippen molar-refractivity contribution in [3.63, 3.8) is 0 Å². The van der Waals surface area contributed by atoms with Gasteiger partial charge in [0.1, 0.15) is 5.82 Å². The molecule has 1 saturated heterocycles. The molecule has 1 heterocycles. The standard InChI is InChI=1S/C19H20FNO4S/c1-13-12-15(19(22)25-2)7-10-18(13)26(23,24)21-11-3-4-17(21)14-5-8-16(20)9-6-14/h5-10,12,17H,3-4,11H2,1-2H3. The van der Waals surface area contributed by atoms with Crippen LogP contribution < -0.4 is 0 Å². The topological polar surface area (TPSA) is 63.7 Å². The van der Waals surface area contributed by atoms with E-state index in [-0.39, 0.29) is 16.8 Å². The van der Waals surface area contributed by atoms with Gasteiger partial charge in [-0.3, -0.25) is 0 Å². The summed E-state index contributed by atoms with van der Waals surface area (Å²) < 4.78 is 45.7. The Kier molecular flexibility index (Phi) is 5.11. The number of hydrogen-bond donors (Lipinski definition) is 0. The summed E-state index contributed by atoms with van der Waals surface area (Å²) in [7, 11) is -2.46. The van der Waals surface area contributed by atoms with E-state index in [0.717, 1.165) is 12.0 Å². The third-order valence-corrected chi connectivity index (χ3v) is 6.71. The molecule has 1 fully saturated rings. The maximum atomic E-state index is 13.2. The predicted octanol–water partition coefficient (Wildman–Crippen LogP) is 3.45. The van der Waals surface area contributed by atoms with Crippen molar-refractivity contribution in [3.05, 3.63) is 65.0 Å². The lowest BCUT2D eigenvalue weighted by Crippen LogP contribution is -2.31. The van der Waals surface area contributed by atoms with Gasteiger partial charge in [0.05, 0.1) is 23.6 Å². The summed E-state index contributed by atoms with van der Waals surface area (Å²) in [5.41, 5.74) is 1.56. The second kappa shape index (κ2) is 7.17. The molecule has 1 atom stereocenters. The first-order valence-corrected chi connectivity index (χ1v) is 9.75. The SMILES string of the molecule is COC(=O)c1ccc(S(=O)(=O)N2CCCC2c2ccc(F)cc2)c(C)c1. The highest BCUT2D eigenvalue weighted by atomic mass is 32.2. The number of esters is 1. The average Bonchev–Trinajstić information content (AvgIpc) is 3.12. The van der Waals surface area contributed by atoms with Crippen molar-refractivity contribution < 1.29 is 22.3 Å². The lowest BCUT2D eigenvalue weighted by Gasteiger charge is -2.25. The van der Waals surface area contributed by atoms with E-state index in [1.807, 2.05) is 0 Å². The van der Waals surface area contributed by atoms with Gasteiger partial charge >= 0.3 is 5.97 Å². The first-order chi connectivity index (χ1) is 12.3. The molecule has 0 bridgehead atoms.